The fourth-order valence-corrected chi connectivity index (χ4v) is 3.24. The summed E-state index contributed by atoms with van der Waals surface area (Å²) in [7, 11) is 3.05. The number of halogens is 1. The molecule has 1 N–H and O–H groups in total. The van der Waals surface area contributed by atoms with Crippen molar-refractivity contribution in [2.45, 2.75) is 26.4 Å². The number of ether oxygens (including phenoxy) is 3. The number of methoxy groups -OCH3 is 2. The second-order valence-corrected chi connectivity index (χ2v) is 6.75. The zero-order valence-corrected chi connectivity index (χ0v) is 16.6. The number of rotatable bonds is 4. The van der Waals surface area contributed by atoms with Crippen molar-refractivity contribution in [3.05, 3.63) is 40.9 Å². The Morgan fingerprint density at radius 3 is 2.67 bits per heavy atom. The van der Waals surface area contributed by atoms with E-state index in [1.807, 2.05) is 32.0 Å². The molecule has 0 spiro atoms. The van der Waals surface area contributed by atoms with E-state index in [4.69, 9.17) is 25.8 Å². The Morgan fingerprint density at radius 1 is 1.26 bits per heavy atom. The van der Waals surface area contributed by atoms with Crippen molar-refractivity contribution in [2.24, 2.45) is 0 Å². The number of hydrogen-bond acceptors (Lipinski definition) is 4. The normalized spacial score (nSPS) is 15.6. The molecule has 0 aliphatic carbocycles. The van der Waals surface area contributed by atoms with E-state index < -0.39 is 0 Å². The van der Waals surface area contributed by atoms with Gasteiger partial charge in [-0.05, 0) is 37.1 Å². The summed E-state index contributed by atoms with van der Waals surface area (Å²) in [5.41, 5.74) is 2.27. The average molecular weight is 391 g/mol. The van der Waals surface area contributed by atoms with E-state index in [1.54, 1.807) is 17.0 Å². The maximum Gasteiger partial charge on any atom is 0.326 e. The second-order valence-electron chi connectivity index (χ2n) is 6.35. The highest BCUT2D eigenvalue weighted by molar-refractivity contribution is 6.32. The Balaban J connectivity index is 1.92. The van der Waals surface area contributed by atoms with Gasteiger partial charge in [0.1, 0.15) is 23.4 Å². The average Bonchev–Trinajstić information content (AvgIpc) is 2.67. The van der Waals surface area contributed by atoms with Gasteiger partial charge in [0, 0.05) is 6.07 Å². The minimum absolute atomic E-state index is 0.0627. The van der Waals surface area contributed by atoms with Crippen molar-refractivity contribution >= 4 is 29.0 Å². The Labute approximate surface area is 164 Å². The fourth-order valence-electron chi connectivity index (χ4n) is 3.00. The molecule has 0 radical (unpaired) electrons. The zero-order chi connectivity index (χ0) is 19.6. The Bertz CT molecular complexity index is 856. The summed E-state index contributed by atoms with van der Waals surface area (Å²) in [5, 5.41) is 3.28. The highest BCUT2D eigenvalue weighted by Crippen LogP contribution is 2.38. The van der Waals surface area contributed by atoms with E-state index in [0.29, 0.717) is 34.5 Å². The highest BCUT2D eigenvalue weighted by atomic mass is 35.5. The molecule has 1 aliphatic rings. The van der Waals surface area contributed by atoms with Gasteiger partial charge in [-0.15, -0.1) is 0 Å². The second kappa shape index (κ2) is 7.96. The van der Waals surface area contributed by atoms with Crippen LogP contribution in [-0.4, -0.2) is 32.9 Å². The van der Waals surface area contributed by atoms with Crippen LogP contribution in [0.15, 0.2) is 30.3 Å². The number of anilines is 2. The van der Waals surface area contributed by atoms with Gasteiger partial charge < -0.3 is 19.5 Å². The third-order valence-corrected chi connectivity index (χ3v) is 4.80. The number of carbonyl (C=O) groups is 1. The summed E-state index contributed by atoms with van der Waals surface area (Å²) in [5.74, 6) is 1.65. The van der Waals surface area contributed by atoms with Crippen molar-refractivity contribution in [1.82, 2.24) is 0 Å². The standard InChI is InChI=1S/C20H23ClN2O4/c1-5-13-11-23(16-8-12(2)6-7-17(16)27-13)20(24)22-15-9-14(21)18(25-3)10-19(15)26-4/h6-10,13H,5,11H2,1-4H3,(H,22,24). The van der Waals surface area contributed by atoms with E-state index in [0.717, 1.165) is 17.7 Å². The smallest absolute Gasteiger partial charge is 0.326 e. The summed E-state index contributed by atoms with van der Waals surface area (Å²) < 4.78 is 16.5. The van der Waals surface area contributed by atoms with Crippen LogP contribution in [0.4, 0.5) is 16.2 Å². The number of hydrogen-bond donors (Lipinski definition) is 1. The minimum Gasteiger partial charge on any atom is -0.495 e. The van der Waals surface area contributed by atoms with E-state index in [-0.39, 0.29) is 12.1 Å². The van der Waals surface area contributed by atoms with Crippen LogP contribution in [0.5, 0.6) is 17.2 Å². The zero-order valence-electron chi connectivity index (χ0n) is 15.8. The van der Waals surface area contributed by atoms with Crippen LogP contribution in [-0.2, 0) is 0 Å². The first-order valence-electron chi connectivity index (χ1n) is 8.74. The summed E-state index contributed by atoms with van der Waals surface area (Å²) in [6.07, 6.45) is 0.738. The SMILES string of the molecule is CCC1CN(C(=O)Nc2cc(Cl)c(OC)cc2OC)c2cc(C)ccc2O1. The topological polar surface area (TPSA) is 60.0 Å². The molecule has 0 saturated heterocycles. The van der Waals surface area contributed by atoms with Crippen LogP contribution in [0.25, 0.3) is 0 Å². The lowest BCUT2D eigenvalue weighted by Gasteiger charge is -2.35. The van der Waals surface area contributed by atoms with Gasteiger partial charge in [0.2, 0.25) is 0 Å². The predicted molar refractivity (Wildman–Crippen MR) is 107 cm³/mol. The van der Waals surface area contributed by atoms with E-state index in [1.165, 1.54) is 14.2 Å². The lowest BCUT2D eigenvalue weighted by molar-refractivity contribution is 0.188. The van der Waals surface area contributed by atoms with Crippen molar-refractivity contribution in [1.29, 1.82) is 0 Å². The molecule has 27 heavy (non-hydrogen) atoms. The Kier molecular flexibility index (Phi) is 5.65. The molecule has 2 aromatic rings. The third-order valence-electron chi connectivity index (χ3n) is 4.50. The molecule has 0 saturated carbocycles. The number of benzene rings is 2. The van der Waals surface area contributed by atoms with Crippen molar-refractivity contribution < 1.29 is 19.0 Å². The maximum atomic E-state index is 13.1. The Morgan fingerprint density at radius 2 is 2.00 bits per heavy atom. The van der Waals surface area contributed by atoms with Crippen LogP contribution in [0.2, 0.25) is 5.02 Å². The molecular formula is C20H23ClN2O4. The molecule has 3 rings (SSSR count). The van der Waals surface area contributed by atoms with Crippen molar-refractivity contribution in [3.63, 3.8) is 0 Å². The quantitative estimate of drug-likeness (QED) is 0.808. The van der Waals surface area contributed by atoms with Gasteiger partial charge in [-0.1, -0.05) is 24.6 Å². The van der Waals surface area contributed by atoms with E-state index >= 15 is 0 Å². The van der Waals surface area contributed by atoms with Crippen LogP contribution in [0.3, 0.4) is 0 Å². The van der Waals surface area contributed by atoms with Crippen LogP contribution < -0.4 is 24.4 Å². The number of aryl methyl sites for hydroxylation is 1. The van der Waals surface area contributed by atoms with E-state index in [2.05, 4.69) is 5.32 Å². The highest BCUT2D eigenvalue weighted by Gasteiger charge is 2.29. The van der Waals surface area contributed by atoms with Gasteiger partial charge in [0.25, 0.3) is 0 Å². The first-order chi connectivity index (χ1) is 13.0. The summed E-state index contributed by atoms with van der Waals surface area (Å²) in [6.45, 7) is 4.48. The predicted octanol–water partition coefficient (Wildman–Crippen LogP) is 4.88. The molecule has 0 bridgehead atoms. The third kappa shape index (κ3) is 3.90. The molecule has 1 heterocycles. The molecule has 2 aromatic carbocycles. The van der Waals surface area contributed by atoms with Crippen molar-refractivity contribution in [2.75, 3.05) is 31.0 Å². The molecule has 2 amide bonds. The van der Waals surface area contributed by atoms with Gasteiger partial charge in [-0.25, -0.2) is 4.79 Å². The number of carbonyl (C=O) groups excluding carboxylic acids is 1. The molecule has 7 heteroatoms. The summed E-state index contributed by atoms with van der Waals surface area (Å²) in [4.78, 5) is 14.8. The lowest BCUT2D eigenvalue weighted by Crippen LogP contribution is -2.45. The van der Waals surface area contributed by atoms with Gasteiger partial charge in [-0.3, -0.25) is 4.90 Å². The van der Waals surface area contributed by atoms with Gasteiger partial charge in [-0.2, -0.15) is 0 Å². The van der Waals surface area contributed by atoms with Crippen LogP contribution in [0.1, 0.15) is 18.9 Å². The van der Waals surface area contributed by atoms with Crippen molar-refractivity contribution in [3.8, 4) is 17.2 Å². The van der Waals surface area contributed by atoms with Gasteiger partial charge >= 0.3 is 6.03 Å². The number of urea groups is 1. The molecular weight excluding hydrogens is 368 g/mol. The molecule has 6 nitrogen and oxygen atoms in total. The minimum atomic E-state index is -0.275. The fraction of sp³-hybridized carbons (Fsp3) is 0.350. The molecule has 1 unspecified atom stereocenters. The first-order valence-corrected chi connectivity index (χ1v) is 9.12. The first kappa shape index (κ1) is 19.2. The maximum absolute atomic E-state index is 13.1. The summed E-state index contributed by atoms with van der Waals surface area (Å²) >= 11 is 6.21. The Hall–Kier alpha value is -2.60. The van der Waals surface area contributed by atoms with Crippen LogP contribution >= 0.6 is 11.6 Å². The largest absolute Gasteiger partial charge is 0.495 e. The summed E-state index contributed by atoms with van der Waals surface area (Å²) in [6, 6.07) is 8.80. The van der Waals surface area contributed by atoms with Crippen LogP contribution in [0, 0.1) is 6.92 Å². The lowest BCUT2D eigenvalue weighted by atomic mass is 10.1. The molecule has 1 aliphatic heterocycles. The molecule has 144 valence electrons. The number of fused-ring (bicyclic) bond motifs is 1. The van der Waals surface area contributed by atoms with Gasteiger partial charge in [0.15, 0.2) is 0 Å². The number of nitrogens with zero attached hydrogens (tertiary/aromatic N) is 1. The molecule has 0 fully saturated rings. The number of nitrogens with one attached hydrogen (secondary N) is 1. The van der Waals surface area contributed by atoms with E-state index in [9.17, 15) is 4.79 Å². The molecule has 1 atom stereocenters. The van der Waals surface area contributed by atoms with Gasteiger partial charge in [0.05, 0.1) is 37.2 Å². The molecule has 0 aromatic heterocycles. The monoisotopic (exact) mass is 390 g/mol. The number of amides is 2.